The number of fused-ring (bicyclic) bond motifs is 1. The monoisotopic (exact) mass is 344 g/mol. The first-order valence-corrected chi connectivity index (χ1v) is 9.28. The third-order valence-electron chi connectivity index (χ3n) is 4.78. The van der Waals surface area contributed by atoms with Crippen molar-refractivity contribution in [1.29, 1.82) is 0 Å². The molecule has 6 nitrogen and oxygen atoms in total. The fourth-order valence-electron chi connectivity index (χ4n) is 3.58. The summed E-state index contributed by atoms with van der Waals surface area (Å²) in [5.41, 5.74) is 0. The highest BCUT2D eigenvalue weighted by molar-refractivity contribution is 7.12. The van der Waals surface area contributed by atoms with E-state index in [0.717, 1.165) is 49.6 Å². The number of piperidine rings is 1. The molecule has 0 N–H and O–H groups in total. The second kappa shape index (κ2) is 6.39. The summed E-state index contributed by atoms with van der Waals surface area (Å²) in [5.74, 6) is 0.934. The largest absolute Gasteiger partial charge is 0.337 e. The van der Waals surface area contributed by atoms with E-state index >= 15 is 0 Å². The van der Waals surface area contributed by atoms with E-state index in [1.165, 1.54) is 11.3 Å². The SMILES string of the molecule is O=C(c1cccs1)N1CCCC(C(=O)N2CCCn3nccc32)C1. The number of carbonyl (C=O) groups is 2. The first-order chi connectivity index (χ1) is 11.7. The highest BCUT2D eigenvalue weighted by atomic mass is 32.1. The van der Waals surface area contributed by atoms with E-state index in [4.69, 9.17) is 0 Å². The first-order valence-electron chi connectivity index (χ1n) is 8.40. The summed E-state index contributed by atoms with van der Waals surface area (Å²) >= 11 is 1.46. The van der Waals surface area contributed by atoms with Crippen molar-refractivity contribution in [2.24, 2.45) is 5.92 Å². The Bertz CT molecular complexity index is 740. The van der Waals surface area contributed by atoms with Crippen molar-refractivity contribution in [3.63, 3.8) is 0 Å². The van der Waals surface area contributed by atoms with Crippen LogP contribution >= 0.6 is 11.3 Å². The number of likely N-dealkylation sites (tertiary alicyclic amines) is 1. The Morgan fingerprint density at radius 1 is 1.17 bits per heavy atom. The molecule has 0 aliphatic carbocycles. The molecule has 2 aliphatic heterocycles. The van der Waals surface area contributed by atoms with Gasteiger partial charge in [-0.2, -0.15) is 5.10 Å². The van der Waals surface area contributed by atoms with Crippen molar-refractivity contribution in [3.05, 3.63) is 34.7 Å². The molecular weight excluding hydrogens is 324 g/mol. The molecule has 4 rings (SSSR count). The Balaban J connectivity index is 1.49. The second-order valence-electron chi connectivity index (χ2n) is 6.32. The van der Waals surface area contributed by atoms with Crippen molar-refractivity contribution < 1.29 is 9.59 Å². The van der Waals surface area contributed by atoms with Gasteiger partial charge in [-0.3, -0.25) is 14.5 Å². The fraction of sp³-hybridized carbons (Fsp3) is 0.471. The van der Waals surface area contributed by atoms with E-state index in [2.05, 4.69) is 5.10 Å². The number of thiophene rings is 1. The molecule has 24 heavy (non-hydrogen) atoms. The van der Waals surface area contributed by atoms with Gasteiger partial charge >= 0.3 is 0 Å². The average Bonchev–Trinajstić information content (AvgIpc) is 3.31. The predicted octanol–water partition coefficient (Wildman–Crippen LogP) is 2.23. The molecule has 2 aromatic heterocycles. The van der Waals surface area contributed by atoms with Crippen molar-refractivity contribution in [3.8, 4) is 0 Å². The van der Waals surface area contributed by atoms with E-state index in [1.807, 2.05) is 38.1 Å². The van der Waals surface area contributed by atoms with Gasteiger partial charge in [-0.05, 0) is 30.7 Å². The van der Waals surface area contributed by atoms with Gasteiger partial charge in [0.2, 0.25) is 5.91 Å². The lowest BCUT2D eigenvalue weighted by molar-refractivity contribution is -0.123. The number of rotatable bonds is 2. The van der Waals surface area contributed by atoms with Gasteiger partial charge in [-0.1, -0.05) is 6.07 Å². The Morgan fingerprint density at radius 2 is 2.08 bits per heavy atom. The third kappa shape index (κ3) is 2.73. The van der Waals surface area contributed by atoms with Crippen LogP contribution in [-0.4, -0.2) is 46.1 Å². The molecule has 2 amide bonds. The van der Waals surface area contributed by atoms with Crippen molar-refractivity contribution >= 4 is 29.0 Å². The normalized spacial score (nSPS) is 20.8. The quantitative estimate of drug-likeness (QED) is 0.839. The van der Waals surface area contributed by atoms with Gasteiger partial charge in [-0.25, -0.2) is 4.68 Å². The maximum atomic E-state index is 13.0. The molecule has 1 atom stereocenters. The molecule has 0 spiro atoms. The van der Waals surface area contributed by atoms with Crippen LogP contribution in [0, 0.1) is 5.92 Å². The predicted molar refractivity (Wildman–Crippen MR) is 92.1 cm³/mol. The van der Waals surface area contributed by atoms with Gasteiger partial charge in [0.15, 0.2) is 0 Å². The lowest BCUT2D eigenvalue weighted by atomic mass is 9.96. The van der Waals surface area contributed by atoms with Crippen LogP contribution < -0.4 is 4.90 Å². The zero-order valence-electron chi connectivity index (χ0n) is 13.4. The summed E-state index contributed by atoms with van der Waals surface area (Å²) in [6.45, 7) is 2.85. The van der Waals surface area contributed by atoms with E-state index in [1.54, 1.807) is 6.20 Å². The molecule has 0 aromatic carbocycles. The van der Waals surface area contributed by atoms with E-state index < -0.39 is 0 Å². The number of amides is 2. The van der Waals surface area contributed by atoms with E-state index in [0.29, 0.717) is 6.54 Å². The molecule has 1 fully saturated rings. The minimum absolute atomic E-state index is 0.0474. The van der Waals surface area contributed by atoms with Crippen LogP contribution in [0.4, 0.5) is 5.82 Å². The number of nitrogens with zero attached hydrogens (tertiary/aromatic N) is 4. The summed E-state index contributed by atoms with van der Waals surface area (Å²) in [5, 5.41) is 6.18. The Kier molecular flexibility index (Phi) is 4.10. The van der Waals surface area contributed by atoms with Gasteiger partial charge in [0.25, 0.3) is 5.91 Å². The van der Waals surface area contributed by atoms with Crippen LogP contribution in [-0.2, 0) is 11.3 Å². The molecule has 0 bridgehead atoms. The van der Waals surface area contributed by atoms with Crippen LogP contribution in [0.5, 0.6) is 0 Å². The number of carbonyl (C=O) groups excluding carboxylic acids is 2. The smallest absolute Gasteiger partial charge is 0.263 e. The van der Waals surface area contributed by atoms with Crippen molar-refractivity contribution in [2.45, 2.75) is 25.8 Å². The molecule has 4 heterocycles. The van der Waals surface area contributed by atoms with E-state index in [-0.39, 0.29) is 17.7 Å². The third-order valence-corrected chi connectivity index (χ3v) is 5.64. The number of anilines is 1. The molecular formula is C17H20N4O2S. The van der Waals surface area contributed by atoms with Crippen LogP contribution in [0.2, 0.25) is 0 Å². The summed E-state index contributed by atoms with van der Waals surface area (Å²) in [7, 11) is 0. The van der Waals surface area contributed by atoms with Gasteiger partial charge in [0.1, 0.15) is 5.82 Å². The van der Waals surface area contributed by atoms with E-state index in [9.17, 15) is 9.59 Å². The maximum Gasteiger partial charge on any atom is 0.263 e. The summed E-state index contributed by atoms with van der Waals surface area (Å²) in [6, 6.07) is 5.63. The standard InChI is InChI=1S/C17H20N4O2S/c22-16(20-9-3-10-21-15(20)6-7-18-21)13-4-1-8-19(12-13)17(23)14-5-2-11-24-14/h2,5-7,11,13H,1,3-4,8-10,12H2. The molecule has 2 aliphatic rings. The fourth-order valence-corrected chi connectivity index (χ4v) is 4.27. The molecule has 126 valence electrons. The molecule has 0 radical (unpaired) electrons. The second-order valence-corrected chi connectivity index (χ2v) is 7.27. The van der Waals surface area contributed by atoms with Crippen LogP contribution in [0.3, 0.4) is 0 Å². The van der Waals surface area contributed by atoms with Gasteiger partial charge in [0, 0.05) is 32.2 Å². The minimum atomic E-state index is -0.121. The topological polar surface area (TPSA) is 58.4 Å². The number of hydrogen-bond acceptors (Lipinski definition) is 4. The van der Waals surface area contributed by atoms with Crippen LogP contribution in [0.15, 0.2) is 29.8 Å². The number of hydrogen-bond donors (Lipinski definition) is 0. The highest BCUT2D eigenvalue weighted by Gasteiger charge is 2.34. The Labute approximate surface area is 144 Å². The Hall–Kier alpha value is -2.15. The van der Waals surface area contributed by atoms with Crippen molar-refractivity contribution in [2.75, 3.05) is 24.5 Å². The summed E-state index contributed by atoms with van der Waals surface area (Å²) in [6.07, 6.45) is 4.39. The molecule has 7 heteroatoms. The summed E-state index contributed by atoms with van der Waals surface area (Å²) in [4.78, 5) is 30.0. The van der Waals surface area contributed by atoms with Gasteiger partial charge in [-0.15, -0.1) is 11.3 Å². The highest BCUT2D eigenvalue weighted by Crippen LogP contribution is 2.26. The molecule has 1 unspecified atom stereocenters. The lowest BCUT2D eigenvalue weighted by Gasteiger charge is -2.36. The first kappa shape index (κ1) is 15.4. The molecule has 0 saturated carbocycles. The zero-order chi connectivity index (χ0) is 16.5. The van der Waals surface area contributed by atoms with Gasteiger partial charge < -0.3 is 4.90 Å². The minimum Gasteiger partial charge on any atom is -0.337 e. The van der Waals surface area contributed by atoms with Gasteiger partial charge in [0.05, 0.1) is 17.0 Å². The molecule has 1 saturated heterocycles. The Morgan fingerprint density at radius 3 is 2.92 bits per heavy atom. The number of aromatic nitrogens is 2. The lowest BCUT2D eigenvalue weighted by Crippen LogP contribution is -2.48. The number of aryl methyl sites for hydroxylation is 1. The average molecular weight is 344 g/mol. The zero-order valence-corrected chi connectivity index (χ0v) is 14.2. The van der Waals surface area contributed by atoms with Crippen LogP contribution in [0.25, 0.3) is 0 Å². The summed E-state index contributed by atoms with van der Waals surface area (Å²) < 4.78 is 1.89. The maximum absolute atomic E-state index is 13.0. The molecule has 2 aromatic rings. The van der Waals surface area contributed by atoms with Crippen molar-refractivity contribution in [1.82, 2.24) is 14.7 Å². The van der Waals surface area contributed by atoms with Crippen LogP contribution in [0.1, 0.15) is 28.9 Å².